The molecule has 0 saturated heterocycles. The smallest absolute Gasteiger partial charge is 0.340 e. The summed E-state index contributed by atoms with van der Waals surface area (Å²) in [6, 6.07) is 0. The minimum absolute atomic E-state index is 0.0621. The molecule has 0 aliphatic rings. The Bertz CT molecular complexity index is 488. The van der Waals surface area contributed by atoms with Crippen molar-refractivity contribution >= 4 is 11.9 Å². The summed E-state index contributed by atoms with van der Waals surface area (Å²) in [4.78, 5) is 22.7. The van der Waals surface area contributed by atoms with E-state index in [2.05, 4.69) is 0 Å². The van der Waals surface area contributed by atoms with Crippen LogP contribution in [0.25, 0.3) is 0 Å². The molecule has 0 fully saturated rings. The van der Waals surface area contributed by atoms with E-state index in [1.54, 1.807) is 6.92 Å². The van der Waals surface area contributed by atoms with Gasteiger partial charge in [0.1, 0.15) is 0 Å². The minimum Gasteiger partial charge on any atom is -0.481 e. The van der Waals surface area contributed by atoms with Gasteiger partial charge in [0.25, 0.3) is 0 Å². The van der Waals surface area contributed by atoms with Crippen LogP contribution in [-0.4, -0.2) is 28.2 Å². The number of carbonyl (C=O) groups excluding carboxylic acids is 1. The van der Waals surface area contributed by atoms with Gasteiger partial charge >= 0.3 is 11.9 Å². The van der Waals surface area contributed by atoms with Gasteiger partial charge in [-0.2, -0.15) is 0 Å². The lowest BCUT2D eigenvalue weighted by Gasteiger charge is -2.08. The van der Waals surface area contributed by atoms with E-state index < -0.39 is 5.97 Å². The molecule has 0 radical (unpaired) electrons. The van der Waals surface area contributed by atoms with Crippen LogP contribution in [0, 0.1) is 13.8 Å². The Morgan fingerprint density at radius 2 is 1.89 bits per heavy atom. The fraction of sp³-hybridized carbons (Fsp3) is 0.571. The first-order chi connectivity index (χ1) is 8.93. The number of ether oxygens (including phenoxy) is 1. The topological polar surface area (TPSA) is 68.5 Å². The third-order valence-electron chi connectivity index (χ3n) is 3.27. The van der Waals surface area contributed by atoms with Crippen molar-refractivity contribution in [1.82, 2.24) is 4.57 Å². The number of carboxylic acids is 1. The lowest BCUT2D eigenvalue weighted by Crippen LogP contribution is -2.08. The molecule has 0 aromatic carbocycles. The molecule has 1 aromatic rings. The molecule has 1 aromatic heterocycles. The molecule has 0 spiro atoms. The van der Waals surface area contributed by atoms with Gasteiger partial charge in [0.05, 0.1) is 18.6 Å². The number of hydrogen-bond donors (Lipinski definition) is 1. The standard InChI is InChI=1S/C14H21NO4/c1-5-15-10(4)13(14(18)19-6-2)9(3)11(15)7-8-12(16)17/h5-8H2,1-4H3,(H,16,17). The normalized spacial score (nSPS) is 10.5. The second-order valence-electron chi connectivity index (χ2n) is 4.39. The molecule has 1 heterocycles. The van der Waals surface area contributed by atoms with Crippen LogP contribution in [0.2, 0.25) is 0 Å². The predicted molar refractivity (Wildman–Crippen MR) is 71.5 cm³/mol. The third kappa shape index (κ3) is 3.16. The van der Waals surface area contributed by atoms with Crippen LogP contribution < -0.4 is 0 Å². The third-order valence-corrected chi connectivity index (χ3v) is 3.27. The number of carboxylic acid groups (broad SMARTS) is 1. The van der Waals surface area contributed by atoms with Gasteiger partial charge in [0.2, 0.25) is 0 Å². The molecule has 19 heavy (non-hydrogen) atoms. The second kappa shape index (κ2) is 6.41. The maximum atomic E-state index is 12.0. The summed E-state index contributed by atoms with van der Waals surface area (Å²) in [5, 5.41) is 8.80. The van der Waals surface area contributed by atoms with Gasteiger partial charge in [-0.1, -0.05) is 0 Å². The van der Waals surface area contributed by atoms with Gasteiger partial charge in [0, 0.05) is 17.9 Å². The molecule has 5 nitrogen and oxygen atoms in total. The fourth-order valence-electron chi connectivity index (χ4n) is 2.44. The molecule has 0 unspecified atom stereocenters. The molecule has 106 valence electrons. The highest BCUT2D eigenvalue weighted by Gasteiger charge is 2.22. The van der Waals surface area contributed by atoms with Crippen molar-refractivity contribution in [2.24, 2.45) is 0 Å². The summed E-state index contributed by atoms with van der Waals surface area (Å²) in [6.45, 7) is 8.51. The zero-order valence-electron chi connectivity index (χ0n) is 11.9. The molecule has 0 atom stereocenters. The molecule has 0 bridgehead atoms. The van der Waals surface area contributed by atoms with Crippen LogP contribution in [-0.2, 0) is 22.5 Å². The number of esters is 1. The van der Waals surface area contributed by atoms with E-state index in [1.807, 2.05) is 25.3 Å². The Morgan fingerprint density at radius 1 is 1.26 bits per heavy atom. The lowest BCUT2D eigenvalue weighted by molar-refractivity contribution is -0.137. The van der Waals surface area contributed by atoms with Crippen molar-refractivity contribution in [3.8, 4) is 0 Å². The number of rotatable bonds is 6. The summed E-state index contributed by atoms with van der Waals surface area (Å²) < 4.78 is 7.05. The van der Waals surface area contributed by atoms with E-state index in [0.29, 0.717) is 25.1 Å². The van der Waals surface area contributed by atoms with Crippen LogP contribution >= 0.6 is 0 Å². The molecular formula is C14H21NO4. The van der Waals surface area contributed by atoms with Gasteiger partial charge in [-0.05, 0) is 39.7 Å². The number of nitrogens with zero attached hydrogens (tertiary/aromatic N) is 1. The van der Waals surface area contributed by atoms with Crippen LogP contribution in [0.5, 0.6) is 0 Å². The quantitative estimate of drug-likeness (QED) is 0.803. The lowest BCUT2D eigenvalue weighted by atomic mass is 10.1. The number of aromatic nitrogens is 1. The molecule has 1 rings (SSSR count). The average molecular weight is 267 g/mol. The summed E-state index contributed by atoms with van der Waals surface area (Å²) in [7, 11) is 0. The first-order valence-corrected chi connectivity index (χ1v) is 6.51. The van der Waals surface area contributed by atoms with Gasteiger partial charge < -0.3 is 14.4 Å². The first-order valence-electron chi connectivity index (χ1n) is 6.51. The Kier molecular flexibility index (Phi) is 5.15. The Morgan fingerprint density at radius 3 is 2.37 bits per heavy atom. The zero-order chi connectivity index (χ0) is 14.6. The molecule has 0 aliphatic heterocycles. The van der Waals surface area contributed by atoms with Crippen LogP contribution in [0.1, 0.15) is 47.6 Å². The van der Waals surface area contributed by atoms with E-state index >= 15 is 0 Å². The maximum absolute atomic E-state index is 12.0. The molecule has 1 N–H and O–H groups in total. The Balaban J connectivity index is 3.20. The van der Waals surface area contributed by atoms with Crippen molar-refractivity contribution in [2.45, 2.75) is 47.1 Å². The highest BCUT2D eigenvalue weighted by molar-refractivity contribution is 5.93. The minimum atomic E-state index is -0.835. The molecule has 0 saturated carbocycles. The van der Waals surface area contributed by atoms with Gasteiger partial charge in [0.15, 0.2) is 0 Å². The monoisotopic (exact) mass is 267 g/mol. The zero-order valence-corrected chi connectivity index (χ0v) is 11.9. The van der Waals surface area contributed by atoms with Crippen molar-refractivity contribution in [1.29, 1.82) is 0 Å². The van der Waals surface area contributed by atoms with Crippen molar-refractivity contribution in [2.75, 3.05) is 6.61 Å². The highest BCUT2D eigenvalue weighted by atomic mass is 16.5. The second-order valence-corrected chi connectivity index (χ2v) is 4.39. The summed E-state index contributed by atoms with van der Waals surface area (Å²) in [5.74, 6) is -1.17. The van der Waals surface area contributed by atoms with E-state index in [4.69, 9.17) is 9.84 Å². The predicted octanol–water partition coefficient (Wildman–Crippen LogP) is 2.32. The molecule has 0 amide bonds. The molecular weight excluding hydrogens is 246 g/mol. The Hall–Kier alpha value is -1.78. The van der Waals surface area contributed by atoms with Crippen molar-refractivity contribution < 1.29 is 19.4 Å². The number of carbonyl (C=O) groups is 2. The molecule has 5 heteroatoms. The number of hydrogen-bond acceptors (Lipinski definition) is 3. The maximum Gasteiger partial charge on any atom is 0.340 e. The SMILES string of the molecule is CCOC(=O)c1c(C)c(CCC(=O)O)n(CC)c1C. The average Bonchev–Trinajstić information content (AvgIpc) is 2.57. The fourth-order valence-corrected chi connectivity index (χ4v) is 2.44. The van der Waals surface area contributed by atoms with Gasteiger partial charge in [-0.3, -0.25) is 4.79 Å². The summed E-state index contributed by atoms with van der Waals surface area (Å²) in [6.07, 6.45) is 0.488. The molecule has 0 aliphatic carbocycles. The van der Waals surface area contributed by atoms with E-state index in [9.17, 15) is 9.59 Å². The van der Waals surface area contributed by atoms with E-state index in [1.165, 1.54) is 0 Å². The van der Waals surface area contributed by atoms with Crippen LogP contribution in [0.4, 0.5) is 0 Å². The highest BCUT2D eigenvalue weighted by Crippen LogP contribution is 2.24. The van der Waals surface area contributed by atoms with Crippen molar-refractivity contribution in [3.05, 3.63) is 22.5 Å². The van der Waals surface area contributed by atoms with Gasteiger partial charge in [-0.15, -0.1) is 0 Å². The van der Waals surface area contributed by atoms with E-state index in [0.717, 1.165) is 17.0 Å². The van der Waals surface area contributed by atoms with E-state index in [-0.39, 0.29) is 12.4 Å². The summed E-state index contributed by atoms with van der Waals surface area (Å²) in [5.41, 5.74) is 3.16. The van der Waals surface area contributed by atoms with Crippen LogP contribution in [0.3, 0.4) is 0 Å². The largest absolute Gasteiger partial charge is 0.481 e. The van der Waals surface area contributed by atoms with Crippen LogP contribution in [0.15, 0.2) is 0 Å². The van der Waals surface area contributed by atoms with Gasteiger partial charge in [-0.25, -0.2) is 4.79 Å². The van der Waals surface area contributed by atoms with Crippen molar-refractivity contribution in [3.63, 3.8) is 0 Å². The first kappa shape index (κ1) is 15.3. The number of aliphatic carboxylic acids is 1. The Labute approximate surface area is 113 Å². The summed E-state index contributed by atoms with van der Waals surface area (Å²) >= 11 is 0.